The van der Waals surface area contributed by atoms with Crippen LogP contribution in [0.25, 0.3) is 0 Å². The van der Waals surface area contributed by atoms with E-state index in [9.17, 15) is 19.5 Å². The third-order valence-electron chi connectivity index (χ3n) is 5.11. The molecule has 2 aromatic heterocycles. The molecule has 0 aromatic carbocycles. The molecule has 198 valence electrons. The van der Waals surface area contributed by atoms with Crippen molar-refractivity contribution in [2.24, 2.45) is 0 Å². The van der Waals surface area contributed by atoms with Crippen LogP contribution in [0, 0.1) is 0 Å². The molecule has 0 spiro atoms. The highest BCUT2D eigenvalue weighted by Gasteiger charge is 2.54. The highest BCUT2D eigenvalue weighted by atomic mass is 35.5. The number of amides is 2. The van der Waals surface area contributed by atoms with Gasteiger partial charge in [-0.05, 0) is 30.1 Å². The summed E-state index contributed by atoms with van der Waals surface area (Å²) in [7, 11) is 3.90. The Kier molecular flexibility index (Phi) is 10.8. The van der Waals surface area contributed by atoms with Crippen molar-refractivity contribution in [3.8, 4) is 0 Å². The topological polar surface area (TPSA) is 172 Å². The van der Waals surface area contributed by atoms with E-state index < -0.39 is 23.3 Å². The van der Waals surface area contributed by atoms with E-state index in [4.69, 9.17) is 5.73 Å². The monoisotopic (exact) mass is 597 g/mol. The van der Waals surface area contributed by atoms with Crippen LogP contribution in [0.15, 0.2) is 21.8 Å². The van der Waals surface area contributed by atoms with Gasteiger partial charge in [0, 0.05) is 23.4 Å². The lowest BCUT2D eigenvalue weighted by Gasteiger charge is -2.49. The van der Waals surface area contributed by atoms with Crippen LogP contribution in [0.2, 0.25) is 0 Å². The number of tetrazole rings is 1. The van der Waals surface area contributed by atoms with E-state index in [1.54, 1.807) is 10.1 Å². The molecule has 2 aliphatic heterocycles. The molecule has 0 saturated carbocycles. The van der Waals surface area contributed by atoms with E-state index in [0.717, 1.165) is 6.54 Å². The lowest BCUT2D eigenvalue weighted by Crippen LogP contribution is -2.70. The number of carbonyl (C=O) groups excluding carboxylic acids is 2. The number of aliphatic carboxylic acids is 1. The van der Waals surface area contributed by atoms with Gasteiger partial charge in [-0.1, -0.05) is 11.8 Å². The van der Waals surface area contributed by atoms with Gasteiger partial charge in [-0.25, -0.2) is 14.5 Å². The van der Waals surface area contributed by atoms with Crippen molar-refractivity contribution >= 4 is 82.6 Å². The van der Waals surface area contributed by atoms with Crippen LogP contribution in [0.1, 0.15) is 5.69 Å². The van der Waals surface area contributed by atoms with Crippen molar-refractivity contribution in [2.75, 3.05) is 37.9 Å². The van der Waals surface area contributed by atoms with Gasteiger partial charge >= 0.3 is 5.97 Å². The number of hydrogen-bond donors (Lipinski definition) is 3. The Morgan fingerprint density at radius 2 is 2.11 bits per heavy atom. The lowest BCUT2D eigenvalue weighted by molar-refractivity contribution is -0.150. The summed E-state index contributed by atoms with van der Waals surface area (Å²) in [5.74, 6) is -1.24. The first-order chi connectivity index (χ1) is 16.2. The first kappa shape index (κ1) is 30.1. The minimum atomic E-state index is -1.18. The number of thioether (sulfide) groups is 2. The van der Waals surface area contributed by atoms with Gasteiger partial charge in [0.1, 0.15) is 17.1 Å². The number of fused-ring (bicyclic) bond motifs is 1. The number of carboxylic acid groups (broad SMARTS) is 1. The summed E-state index contributed by atoms with van der Waals surface area (Å²) in [5, 5.41) is 26.4. The van der Waals surface area contributed by atoms with E-state index in [-0.39, 0.29) is 42.8 Å². The maximum atomic E-state index is 12.8. The molecule has 0 bridgehead atoms. The minimum absolute atomic E-state index is 0. The molecule has 13 nitrogen and oxygen atoms in total. The van der Waals surface area contributed by atoms with E-state index in [0.29, 0.717) is 39.6 Å². The van der Waals surface area contributed by atoms with E-state index >= 15 is 0 Å². The molecular formula is C18H25Cl2N9O4S3. The molecule has 1 unspecified atom stereocenters. The van der Waals surface area contributed by atoms with Crippen LogP contribution >= 0.6 is 59.7 Å². The zero-order valence-electron chi connectivity index (χ0n) is 19.2. The number of thiazole rings is 1. The van der Waals surface area contributed by atoms with Crippen LogP contribution in [0.5, 0.6) is 0 Å². The van der Waals surface area contributed by atoms with Crippen molar-refractivity contribution in [3.63, 3.8) is 0 Å². The number of rotatable bonds is 10. The van der Waals surface area contributed by atoms with Crippen LogP contribution in [-0.4, -0.2) is 101 Å². The number of β-lactam (4-membered cyclic amide) rings is 1. The number of carbonyl (C=O) groups is 3. The second-order valence-electron chi connectivity index (χ2n) is 7.84. The quantitative estimate of drug-likeness (QED) is 0.251. The largest absolute Gasteiger partial charge is 0.477 e. The molecule has 1 saturated heterocycles. The lowest BCUT2D eigenvalue weighted by atomic mass is 10.0. The Hall–Kier alpha value is -2.11. The molecular weight excluding hydrogens is 573 g/mol. The van der Waals surface area contributed by atoms with Gasteiger partial charge in [0.15, 0.2) is 5.13 Å². The predicted octanol–water partition coefficient (Wildman–Crippen LogP) is 0.190. The van der Waals surface area contributed by atoms with Gasteiger partial charge in [-0.2, -0.15) is 0 Å². The summed E-state index contributed by atoms with van der Waals surface area (Å²) >= 11 is 3.98. The number of nitrogens with one attached hydrogen (secondary N) is 1. The molecule has 2 amide bonds. The molecule has 4 N–H and O–H groups in total. The molecule has 2 atom stereocenters. The van der Waals surface area contributed by atoms with Gasteiger partial charge in [-0.15, -0.1) is 53.0 Å². The zero-order chi connectivity index (χ0) is 24.4. The average molecular weight is 599 g/mol. The van der Waals surface area contributed by atoms with E-state index in [2.05, 4.69) is 25.8 Å². The molecule has 36 heavy (non-hydrogen) atoms. The predicted molar refractivity (Wildman–Crippen MR) is 142 cm³/mol. The van der Waals surface area contributed by atoms with Gasteiger partial charge in [0.25, 0.3) is 5.91 Å². The van der Waals surface area contributed by atoms with Gasteiger partial charge in [0.2, 0.25) is 11.1 Å². The van der Waals surface area contributed by atoms with Crippen LogP contribution in [0.4, 0.5) is 5.13 Å². The SMILES string of the molecule is CN(C)CCn1nnnc1SCC1=C(C(=O)O)N2C(=O)C(NC(=O)Cc3csc(N)n3)[C@@H]2SC1.Cl.Cl. The summed E-state index contributed by atoms with van der Waals surface area (Å²) in [6.07, 6.45) is 0.000917. The van der Waals surface area contributed by atoms with Crippen molar-refractivity contribution in [2.45, 2.75) is 29.5 Å². The Bertz CT molecular complexity index is 1140. The van der Waals surface area contributed by atoms with Gasteiger partial charge in [-0.3, -0.25) is 14.5 Å². The van der Waals surface area contributed by atoms with Gasteiger partial charge < -0.3 is 21.1 Å². The number of hydrogen-bond acceptors (Lipinski definition) is 12. The van der Waals surface area contributed by atoms with Crippen LogP contribution in [-0.2, 0) is 27.3 Å². The third-order valence-corrected chi connectivity index (χ3v) is 8.22. The Morgan fingerprint density at radius 1 is 1.36 bits per heavy atom. The normalized spacial score (nSPS) is 18.8. The summed E-state index contributed by atoms with van der Waals surface area (Å²) in [6.45, 7) is 1.36. The summed E-state index contributed by atoms with van der Waals surface area (Å²) in [4.78, 5) is 44.5. The summed E-state index contributed by atoms with van der Waals surface area (Å²) in [6, 6.07) is -0.782. The maximum Gasteiger partial charge on any atom is 0.352 e. The number of anilines is 1. The molecule has 1 fully saturated rings. The molecule has 4 heterocycles. The standard InChI is InChI=1S/C18H23N9O4S3.2ClH/c1-25(2)3-4-26-18(22-23-24-26)34-7-9-6-32-15-12(14(29)27(15)13(9)16(30)31)21-11(28)5-10-8-33-17(19)20-10;;/h8,12,15H,3-7H2,1-2H3,(H2,19,20)(H,21,28)(H,30,31);2*1H/t12?,15-;;/m0../s1. The summed E-state index contributed by atoms with van der Waals surface area (Å²) in [5.41, 5.74) is 6.68. The third kappa shape index (κ3) is 6.60. The smallest absolute Gasteiger partial charge is 0.352 e. The van der Waals surface area contributed by atoms with Crippen molar-refractivity contribution in [3.05, 3.63) is 22.3 Å². The first-order valence-electron chi connectivity index (χ1n) is 10.2. The number of halogens is 2. The Balaban J connectivity index is 0.00000228. The fourth-order valence-electron chi connectivity index (χ4n) is 3.47. The Labute approximate surface area is 231 Å². The first-order valence-corrected chi connectivity index (χ1v) is 13.1. The number of likely N-dealkylation sites (N-methyl/N-ethyl adjacent to an activating group) is 1. The molecule has 2 aromatic rings. The van der Waals surface area contributed by atoms with Crippen molar-refractivity contribution < 1.29 is 19.5 Å². The molecule has 2 aliphatic rings. The van der Waals surface area contributed by atoms with Crippen molar-refractivity contribution in [1.29, 1.82) is 0 Å². The molecule has 0 aliphatic carbocycles. The second kappa shape index (κ2) is 12.9. The molecule has 18 heteroatoms. The van der Waals surface area contributed by atoms with Crippen LogP contribution in [0.3, 0.4) is 0 Å². The Morgan fingerprint density at radius 3 is 2.75 bits per heavy atom. The highest BCUT2D eigenvalue weighted by Crippen LogP contribution is 2.41. The van der Waals surface area contributed by atoms with Gasteiger partial charge in [0.05, 0.1) is 18.7 Å². The summed E-state index contributed by atoms with van der Waals surface area (Å²) < 4.78 is 1.67. The number of nitrogens with two attached hydrogens (primary N) is 1. The minimum Gasteiger partial charge on any atom is -0.477 e. The highest BCUT2D eigenvalue weighted by molar-refractivity contribution is 8.01. The van der Waals surface area contributed by atoms with Crippen LogP contribution < -0.4 is 11.1 Å². The average Bonchev–Trinajstić information content (AvgIpc) is 3.41. The number of nitrogen functional groups attached to an aromatic ring is 1. The number of aromatic nitrogens is 5. The van der Waals surface area contributed by atoms with Crippen molar-refractivity contribution in [1.82, 2.24) is 40.3 Å². The zero-order valence-corrected chi connectivity index (χ0v) is 23.3. The maximum absolute atomic E-state index is 12.8. The van der Waals surface area contributed by atoms with E-state index in [1.165, 1.54) is 39.8 Å². The molecule has 0 radical (unpaired) electrons. The fourth-order valence-corrected chi connectivity index (χ4v) is 6.42. The second-order valence-corrected chi connectivity index (χ2v) is 10.8. The number of nitrogens with zero attached hydrogens (tertiary/aromatic N) is 7. The fraction of sp³-hybridized carbons (Fsp3) is 0.500. The number of carboxylic acids is 1. The molecule has 4 rings (SSSR count). The van der Waals surface area contributed by atoms with E-state index in [1.807, 2.05) is 19.0 Å².